The van der Waals surface area contributed by atoms with Gasteiger partial charge < -0.3 is 11.1 Å². The summed E-state index contributed by atoms with van der Waals surface area (Å²) in [6.07, 6.45) is 1.12. The second-order valence-corrected chi connectivity index (χ2v) is 4.46. The largest absolute Gasteiger partial charge is 0.327 e. The fourth-order valence-corrected chi connectivity index (χ4v) is 2.10. The van der Waals surface area contributed by atoms with Gasteiger partial charge in [0.05, 0.1) is 0 Å². The summed E-state index contributed by atoms with van der Waals surface area (Å²) in [6.45, 7) is 6.12. The van der Waals surface area contributed by atoms with Crippen molar-refractivity contribution in [3.05, 3.63) is 21.9 Å². The molecular formula is C10H18N2S. The van der Waals surface area contributed by atoms with Crippen LogP contribution in [0.5, 0.6) is 0 Å². The summed E-state index contributed by atoms with van der Waals surface area (Å²) in [5.41, 5.74) is 7.03. The van der Waals surface area contributed by atoms with E-state index in [1.807, 2.05) is 18.3 Å². The van der Waals surface area contributed by atoms with Gasteiger partial charge in [0.15, 0.2) is 0 Å². The van der Waals surface area contributed by atoms with Crippen LogP contribution in [-0.2, 0) is 6.42 Å². The van der Waals surface area contributed by atoms with Gasteiger partial charge in [-0.15, -0.1) is 11.3 Å². The van der Waals surface area contributed by atoms with E-state index in [-0.39, 0.29) is 6.04 Å². The molecule has 3 N–H and O–H groups in total. The molecule has 0 saturated carbocycles. The first kappa shape index (κ1) is 10.7. The van der Waals surface area contributed by atoms with Gasteiger partial charge in [0.25, 0.3) is 0 Å². The molecule has 0 spiro atoms. The third-order valence-electron chi connectivity index (χ3n) is 1.96. The number of hydrogen-bond acceptors (Lipinski definition) is 3. The molecule has 1 aromatic heterocycles. The minimum Gasteiger partial charge on any atom is -0.327 e. The Morgan fingerprint density at radius 1 is 1.62 bits per heavy atom. The van der Waals surface area contributed by atoms with Gasteiger partial charge in [0.2, 0.25) is 0 Å². The van der Waals surface area contributed by atoms with Crippen LogP contribution in [0.2, 0.25) is 0 Å². The second-order valence-electron chi connectivity index (χ2n) is 3.46. The lowest BCUT2D eigenvalue weighted by Crippen LogP contribution is -2.32. The lowest BCUT2D eigenvalue weighted by atomic mass is 10.2. The topological polar surface area (TPSA) is 38.0 Å². The Kier molecular flexibility index (Phi) is 4.42. The van der Waals surface area contributed by atoms with Gasteiger partial charge in [0.1, 0.15) is 0 Å². The van der Waals surface area contributed by atoms with Crippen molar-refractivity contribution in [2.45, 2.75) is 26.3 Å². The lowest BCUT2D eigenvalue weighted by molar-refractivity contribution is 0.610. The molecule has 74 valence electrons. The fourth-order valence-electron chi connectivity index (χ4n) is 1.19. The summed E-state index contributed by atoms with van der Waals surface area (Å²) < 4.78 is 0. The molecule has 1 heterocycles. The molecule has 1 rings (SSSR count). The maximum atomic E-state index is 5.62. The van der Waals surface area contributed by atoms with Crippen LogP contribution in [0.3, 0.4) is 0 Å². The molecule has 0 bridgehead atoms. The van der Waals surface area contributed by atoms with Crippen LogP contribution < -0.4 is 11.1 Å². The Morgan fingerprint density at radius 3 is 2.92 bits per heavy atom. The highest BCUT2D eigenvalue weighted by molar-refractivity contribution is 7.10. The van der Waals surface area contributed by atoms with Crippen LogP contribution in [0.25, 0.3) is 0 Å². The highest BCUT2D eigenvalue weighted by atomic mass is 32.1. The fraction of sp³-hybridized carbons (Fsp3) is 0.600. The van der Waals surface area contributed by atoms with E-state index in [4.69, 9.17) is 5.73 Å². The van der Waals surface area contributed by atoms with E-state index < -0.39 is 0 Å². The van der Waals surface area contributed by atoms with Crippen LogP contribution in [0.1, 0.15) is 17.4 Å². The molecule has 0 fully saturated rings. The van der Waals surface area contributed by atoms with Gasteiger partial charge in [-0.25, -0.2) is 0 Å². The highest BCUT2D eigenvalue weighted by Crippen LogP contribution is 2.15. The predicted octanol–water partition coefficient (Wildman–Crippen LogP) is 1.54. The first-order valence-electron chi connectivity index (χ1n) is 4.69. The number of thiophene rings is 1. The van der Waals surface area contributed by atoms with Crippen molar-refractivity contribution in [2.75, 3.05) is 13.1 Å². The average molecular weight is 198 g/mol. The van der Waals surface area contributed by atoms with E-state index in [2.05, 4.69) is 23.7 Å². The van der Waals surface area contributed by atoms with Crippen LogP contribution in [-0.4, -0.2) is 19.1 Å². The van der Waals surface area contributed by atoms with Crippen molar-refractivity contribution >= 4 is 11.3 Å². The number of nitrogens with two attached hydrogens (primary N) is 1. The molecule has 0 aromatic carbocycles. The molecule has 3 heteroatoms. The van der Waals surface area contributed by atoms with Gasteiger partial charge in [0, 0.05) is 24.0 Å². The molecule has 1 atom stereocenters. The van der Waals surface area contributed by atoms with E-state index in [9.17, 15) is 0 Å². The molecule has 1 unspecified atom stereocenters. The highest BCUT2D eigenvalue weighted by Gasteiger charge is 1.99. The summed E-state index contributed by atoms with van der Waals surface area (Å²) in [5, 5.41) is 5.48. The van der Waals surface area contributed by atoms with Gasteiger partial charge in [-0.1, -0.05) is 0 Å². The first-order valence-corrected chi connectivity index (χ1v) is 5.57. The van der Waals surface area contributed by atoms with Crippen LogP contribution >= 0.6 is 11.3 Å². The van der Waals surface area contributed by atoms with E-state index in [0.29, 0.717) is 0 Å². The number of nitrogens with one attached hydrogen (secondary N) is 1. The molecule has 13 heavy (non-hydrogen) atoms. The molecule has 0 aliphatic heterocycles. The molecule has 0 amide bonds. The minimum absolute atomic E-state index is 0.254. The van der Waals surface area contributed by atoms with Crippen LogP contribution in [0, 0.1) is 6.92 Å². The smallest absolute Gasteiger partial charge is 0.0136 e. The third-order valence-corrected chi connectivity index (χ3v) is 3.05. The first-order chi connectivity index (χ1) is 6.20. The maximum absolute atomic E-state index is 5.62. The second kappa shape index (κ2) is 5.37. The normalized spacial score (nSPS) is 13.2. The van der Waals surface area contributed by atoms with E-state index in [0.717, 1.165) is 19.5 Å². The standard InChI is InChI=1S/C10H18N2S/c1-8-4-6-13-10(8)3-5-12-7-9(2)11/h4,6,9,12H,3,5,7,11H2,1-2H3. The predicted molar refractivity (Wildman–Crippen MR) is 59.3 cm³/mol. The van der Waals surface area contributed by atoms with Crippen LogP contribution in [0.4, 0.5) is 0 Å². The molecule has 0 aliphatic rings. The number of hydrogen-bond donors (Lipinski definition) is 2. The van der Waals surface area contributed by atoms with Gasteiger partial charge in [-0.3, -0.25) is 0 Å². The SMILES string of the molecule is Cc1ccsc1CCNCC(C)N. The van der Waals surface area contributed by atoms with Crippen molar-refractivity contribution in [3.8, 4) is 0 Å². The Labute approximate surface area is 84.2 Å². The van der Waals surface area contributed by atoms with Crippen molar-refractivity contribution in [1.29, 1.82) is 0 Å². The van der Waals surface area contributed by atoms with Crippen molar-refractivity contribution in [1.82, 2.24) is 5.32 Å². The van der Waals surface area contributed by atoms with Gasteiger partial charge in [-0.05, 0) is 37.3 Å². The molecule has 0 saturated heterocycles. The van der Waals surface area contributed by atoms with Crippen molar-refractivity contribution < 1.29 is 0 Å². The molecule has 0 radical (unpaired) electrons. The molecule has 0 aliphatic carbocycles. The summed E-state index contributed by atoms with van der Waals surface area (Å²) >= 11 is 1.84. The Balaban J connectivity index is 2.17. The zero-order chi connectivity index (χ0) is 9.68. The molecule has 1 aromatic rings. The summed E-state index contributed by atoms with van der Waals surface area (Å²) in [7, 11) is 0. The Morgan fingerprint density at radius 2 is 2.38 bits per heavy atom. The minimum atomic E-state index is 0.254. The summed E-state index contributed by atoms with van der Waals surface area (Å²) in [6, 6.07) is 2.43. The van der Waals surface area contributed by atoms with E-state index in [1.54, 1.807) is 0 Å². The maximum Gasteiger partial charge on any atom is 0.0136 e. The third kappa shape index (κ3) is 3.89. The number of aryl methyl sites for hydroxylation is 1. The van der Waals surface area contributed by atoms with Crippen LogP contribution in [0.15, 0.2) is 11.4 Å². The Hall–Kier alpha value is -0.380. The zero-order valence-electron chi connectivity index (χ0n) is 8.34. The van der Waals surface area contributed by atoms with E-state index >= 15 is 0 Å². The zero-order valence-corrected chi connectivity index (χ0v) is 9.16. The molecular weight excluding hydrogens is 180 g/mol. The van der Waals surface area contributed by atoms with Crippen molar-refractivity contribution in [2.24, 2.45) is 5.73 Å². The lowest BCUT2D eigenvalue weighted by Gasteiger charge is -2.06. The monoisotopic (exact) mass is 198 g/mol. The quantitative estimate of drug-likeness (QED) is 0.704. The van der Waals surface area contributed by atoms with E-state index in [1.165, 1.54) is 10.4 Å². The average Bonchev–Trinajstić information content (AvgIpc) is 2.45. The van der Waals surface area contributed by atoms with Crippen molar-refractivity contribution in [3.63, 3.8) is 0 Å². The summed E-state index contributed by atoms with van der Waals surface area (Å²) in [5.74, 6) is 0. The van der Waals surface area contributed by atoms with Gasteiger partial charge in [-0.2, -0.15) is 0 Å². The number of rotatable bonds is 5. The van der Waals surface area contributed by atoms with Gasteiger partial charge >= 0.3 is 0 Å². The Bertz CT molecular complexity index is 243. The molecule has 2 nitrogen and oxygen atoms in total. The summed E-state index contributed by atoms with van der Waals surface area (Å²) in [4.78, 5) is 1.48.